The van der Waals surface area contributed by atoms with Crippen LogP contribution >= 0.6 is 11.8 Å². The molecule has 0 aromatic carbocycles. The minimum atomic E-state index is -0.656. The van der Waals surface area contributed by atoms with E-state index in [0.717, 1.165) is 38.0 Å². The minimum Gasteiger partial charge on any atom is -0.480 e. The molecule has 1 saturated carbocycles. The molecule has 17 heavy (non-hydrogen) atoms. The molecule has 0 aliphatic heterocycles. The van der Waals surface area contributed by atoms with Gasteiger partial charge in [-0.05, 0) is 42.7 Å². The Bertz CT molecular complexity index is 258. The number of nitrogens with one attached hydrogen (secondary N) is 1. The summed E-state index contributed by atoms with van der Waals surface area (Å²) in [5, 5.41) is 13.4. The maximum atomic E-state index is 11.6. The number of thioether (sulfide) groups is 1. The van der Waals surface area contributed by atoms with Gasteiger partial charge in [0.2, 0.25) is 0 Å². The summed E-state index contributed by atoms with van der Waals surface area (Å²) in [7, 11) is 0. The van der Waals surface area contributed by atoms with Gasteiger partial charge in [-0.3, -0.25) is 4.79 Å². The Morgan fingerprint density at radius 2 is 2.29 bits per heavy atom. The predicted octanol–water partition coefficient (Wildman–Crippen LogP) is 2.75. The number of likely N-dealkylation sites (N-methyl/N-ethyl adjacent to an activating group) is 1. The van der Waals surface area contributed by atoms with E-state index < -0.39 is 11.5 Å². The van der Waals surface area contributed by atoms with Gasteiger partial charge in [0.05, 0.1) is 0 Å². The third-order valence-electron chi connectivity index (χ3n) is 3.61. The van der Waals surface area contributed by atoms with E-state index >= 15 is 0 Å². The molecule has 2 N–H and O–H groups in total. The highest BCUT2D eigenvalue weighted by molar-refractivity contribution is 7.99. The van der Waals surface area contributed by atoms with Gasteiger partial charge in [0, 0.05) is 0 Å². The fourth-order valence-electron chi connectivity index (χ4n) is 2.82. The van der Waals surface area contributed by atoms with Crippen LogP contribution in [0.2, 0.25) is 0 Å². The summed E-state index contributed by atoms with van der Waals surface area (Å²) in [6.07, 6.45) is 3.89. The monoisotopic (exact) mass is 259 g/mol. The molecule has 0 spiro atoms. The number of hydrogen-bond acceptors (Lipinski definition) is 3. The third kappa shape index (κ3) is 3.62. The Morgan fingerprint density at radius 3 is 2.82 bits per heavy atom. The highest BCUT2D eigenvalue weighted by Gasteiger charge is 2.48. The van der Waals surface area contributed by atoms with E-state index in [1.54, 1.807) is 0 Å². The normalized spacial score (nSPS) is 28.8. The van der Waals surface area contributed by atoms with Crippen LogP contribution in [-0.2, 0) is 4.79 Å². The van der Waals surface area contributed by atoms with Crippen LogP contribution in [0.4, 0.5) is 0 Å². The number of rotatable bonds is 7. The lowest BCUT2D eigenvalue weighted by Crippen LogP contribution is -2.54. The lowest BCUT2D eigenvalue weighted by atomic mass is 9.85. The number of aliphatic carboxylic acids is 1. The van der Waals surface area contributed by atoms with Crippen LogP contribution in [0, 0.1) is 5.92 Å². The maximum Gasteiger partial charge on any atom is 0.324 e. The molecule has 2 atom stereocenters. The van der Waals surface area contributed by atoms with Gasteiger partial charge in [-0.15, -0.1) is 0 Å². The van der Waals surface area contributed by atoms with Gasteiger partial charge in [0.15, 0.2) is 0 Å². The van der Waals surface area contributed by atoms with Gasteiger partial charge in [0.1, 0.15) is 5.54 Å². The van der Waals surface area contributed by atoms with Gasteiger partial charge >= 0.3 is 5.97 Å². The molecule has 4 heteroatoms. The molecule has 0 saturated heterocycles. The second kappa shape index (κ2) is 6.64. The summed E-state index contributed by atoms with van der Waals surface area (Å²) in [6.45, 7) is 7.10. The van der Waals surface area contributed by atoms with Crippen molar-refractivity contribution < 1.29 is 9.90 Å². The van der Waals surface area contributed by atoms with Crippen LogP contribution in [0.5, 0.6) is 0 Å². The average Bonchev–Trinajstić information content (AvgIpc) is 2.63. The lowest BCUT2D eigenvalue weighted by molar-refractivity contribution is -0.146. The molecular weight excluding hydrogens is 234 g/mol. The van der Waals surface area contributed by atoms with E-state index in [1.165, 1.54) is 0 Å². The lowest BCUT2D eigenvalue weighted by Gasteiger charge is -2.32. The van der Waals surface area contributed by atoms with Gasteiger partial charge in [-0.25, -0.2) is 0 Å². The molecule has 1 aliphatic carbocycles. The standard InChI is InChI=1S/C13H25NO2S/c1-4-14-13(12(15)16)8-5-6-11(13)7-9-17-10(2)3/h10-11,14H,4-9H2,1-3H3,(H,15,16). The fraction of sp³-hybridized carbons (Fsp3) is 0.923. The summed E-state index contributed by atoms with van der Waals surface area (Å²) < 4.78 is 0. The summed E-state index contributed by atoms with van der Waals surface area (Å²) >= 11 is 1.93. The topological polar surface area (TPSA) is 49.3 Å². The van der Waals surface area contributed by atoms with Gasteiger partial charge in [-0.2, -0.15) is 11.8 Å². The Balaban J connectivity index is 2.59. The van der Waals surface area contributed by atoms with Crippen LogP contribution in [-0.4, -0.2) is 34.2 Å². The van der Waals surface area contributed by atoms with Gasteiger partial charge in [-0.1, -0.05) is 27.2 Å². The SMILES string of the molecule is CCNC1(C(=O)O)CCCC1CCSC(C)C. The summed E-state index contributed by atoms with van der Waals surface area (Å²) in [5.74, 6) is 0.713. The first-order valence-electron chi connectivity index (χ1n) is 6.63. The molecule has 3 nitrogen and oxygen atoms in total. The molecule has 0 aromatic heterocycles. The van der Waals surface area contributed by atoms with Crippen molar-refractivity contribution in [2.75, 3.05) is 12.3 Å². The molecular formula is C13H25NO2S. The molecule has 1 rings (SSSR count). The molecule has 100 valence electrons. The van der Waals surface area contributed by atoms with Crippen LogP contribution in [0.3, 0.4) is 0 Å². The zero-order valence-corrected chi connectivity index (χ0v) is 12.0. The van der Waals surface area contributed by atoms with E-state index in [9.17, 15) is 9.90 Å². The van der Waals surface area contributed by atoms with Crippen molar-refractivity contribution in [2.24, 2.45) is 5.92 Å². The first-order valence-corrected chi connectivity index (χ1v) is 7.67. The Morgan fingerprint density at radius 1 is 1.59 bits per heavy atom. The second-order valence-electron chi connectivity index (χ2n) is 5.10. The number of hydrogen-bond donors (Lipinski definition) is 2. The highest BCUT2D eigenvalue weighted by atomic mass is 32.2. The van der Waals surface area contributed by atoms with Crippen molar-refractivity contribution >= 4 is 17.7 Å². The first kappa shape index (κ1) is 14.8. The van der Waals surface area contributed by atoms with E-state index in [0.29, 0.717) is 11.2 Å². The van der Waals surface area contributed by atoms with Crippen molar-refractivity contribution in [2.45, 2.75) is 57.2 Å². The molecule has 0 aromatic rings. The third-order valence-corrected chi connectivity index (χ3v) is 4.75. The van der Waals surface area contributed by atoms with Crippen LogP contribution in [0.25, 0.3) is 0 Å². The zero-order valence-electron chi connectivity index (χ0n) is 11.2. The summed E-state index contributed by atoms with van der Waals surface area (Å²) in [4.78, 5) is 11.6. The van der Waals surface area contributed by atoms with Crippen LogP contribution < -0.4 is 5.32 Å². The summed E-state index contributed by atoms with van der Waals surface area (Å²) in [5.41, 5.74) is -0.647. The number of carboxylic acid groups (broad SMARTS) is 1. The Labute approximate surface area is 109 Å². The molecule has 2 unspecified atom stereocenters. The maximum absolute atomic E-state index is 11.6. The first-order chi connectivity index (χ1) is 8.03. The van der Waals surface area contributed by atoms with Gasteiger partial charge < -0.3 is 10.4 Å². The van der Waals surface area contributed by atoms with Crippen molar-refractivity contribution in [1.29, 1.82) is 0 Å². The van der Waals surface area contributed by atoms with E-state index in [-0.39, 0.29) is 0 Å². The Hall–Kier alpha value is -0.220. The smallest absolute Gasteiger partial charge is 0.324 e. The van der Waals surface area contributed by atoms with Crippen molar-refractivity contribution in [3.05, 3.63) is 0 Å². The van der Waals surface area contributed by atoms with E-state index in [2.05, 4.69) is 19.2 Å². The molecule has 0 radical (unpaired) electrons. The largest absolute Gasteiger partial charge is 0.480 e. The fourth-order valence-corrected chi connectivity index (χ4v) is 3.71. The van der Waals surface area contributed by atoms with Crippen molar-refractivity contribution in [1.82, 2.24) is 5.32 Å². The summed E-state index contributed by atoms with van der Waals surface area (Å²) in [6, 6.07) is 0. The zero-order chi connectivity index (χ0) is 12.9. The van der Waals surface area contributed by atoms with E-state index in [1.807, 2.05) is 18.7 Å². The van der Waals surface area contributed by atoms with Crippen molar-refractivity contribution in [3.8, 4) is 0 Å². The molecule has 0 bridgehead atoms. The predicted molar refractivity (Wildman–Crippen MR) is 73.6 cm³/mol. The molecule has 1 aliphatic rings. The minimum absolute atomic E-state index is 0.297. The average molecular weight is 259 g/mol. The highest BCUT2D eigenvalue weighted by Crippen LogP contribution is 2.39. The number of carboxylic acids is 1. The molecule has 1 fully saturated rings. The van der Waals surface area contributed by atoms with Crippen LogP contribution in [0.15, 0.2) is 0 Å². The van der Waals surface area contributed by atoms with E-state index in [4.69, 9.17) is 0 Å². The van der Waals surface area contributed by atoms with Crippen LogP contribution in [0.1, 0.15) is 46.5 Å². The number of carbonyl (C=O) groups is 1. The quantitative estimate of drug-likeness (QED) is 0.738. The molecule has 0 amide bonds. The Kier molecular flexibility index (Phi) is 5.80. The van der Waals surface area contributed by atoms with Crippen molar-refractivity contribution in [3.63, 3.8) is 0 Å². The second-order valence-corrected chi connectivity index (χ2v) is 6.79. The van der Waals surface area contributed by atoms with Gasteiger partial charge in [0.25, 0.3) is 0 Å². The molecule has 0 heterocycles.